The van der Waals surface area contributed by atoms with Gasteiger partial charge in [-0.05, 0) is 37.3 Å². The summed E-state index contributed by atoms with van der Waals surface area (Å²) in [5.41, 5.74) is 0.672. The van der Waals surface area contributed by atoms with Crippen LogP contribution in [0.2, 0.25) is 0 Å². The highest BCUT2D eigenvalue weighted by molar-refractivity contribution is 6.40. The summed E-state index contributed by atoms with van der Waals surface area (Å²) in [6.07, 6.45) is 0.342. The van der Waals surface area contributed by atoms with Gasteiger partial charge in [-0.3, -0.25) is 14.4 Å². The molecule has 0 spiro atoms. The molecule has 142 valence electrons. The van der Waals surface area contributed by atoms with Gasteiger partial charge in [0.15, 0.2) is 0 Å². The zero-order valence-electron chi connectivity index (χ0n) is 15.5. The van der Waals surface area contributed by atoms with E-state index in [0.29, 0.717) is 36.2 Å². The summed E-state index contributed by atoms with van der Waals surface area (Å²) >= 11 is 0. The van der Waals surface area contributed by atoms with Crippen LogP contribution >= 0.6 is 0 Å². The van der Waals surface area contributed by atoms with Crippen LogP contribution in [0.1, 0.15) is 37.6 Å². The van der Waals surface area contributed by atoms with Crippen LogP contribution in [0, 0.1) is 11.8 Å². The number of benzene rings is 1. The highest BCUT2D eigenvalue weighted by Crippen LogP contribution is 2.24. The monoisotopic (exact) mass is 361 g/mol. The minimum Gasteiger partial charge on any atom is -0.392 e. The highest BCUT2D eigenvalue weighted by atomic mass is 16.3. The van der Waals surface area contributed by atoms with E-state index in [2.05, 4.69) is 24.5 Å². The summed E-state index contributed by atoms with van der Waals surface area (Å²) < 4.78 is 0. The van der Waals surface area contributed by atoms with Crippen molar-refractivity contribution in [2.24, 2.45) is 11.8 Å². The van der Waals surface area contributed by atoms with Gasteiger partial charge in [-0.1, -0.05) is 26.0 Å². The Morgan fingerprint density at radius 1 is 1.15 bits per heavy atom. The van der Waals surface area contributed by atoms with Crippen LogP contribution in [0.3, 0.4) is 0 Å². The molecule has 0 saturated carbocycles. The number of hydrogen-bond donors (Lipinski definition) is 3. The van der Waals surface area contributed by atoms with Gasteiger partial charge in [0.1, 0.15) is 0 Å². The van der Waals surface area contributed by atoms with E-state index < -0.39 is 17.9 Å². The maximum Gasteiger partial charge on any atom is 0.313 e. The molecular formula is C19H27N3O4. The van der Waals surface area contributed by atoms with Crippen molar-refractivity contribution >= 4 is 23.4 Å². The lowest BCUT2D eigenvalue weighted by molar-refractivity contribution is -0.136. The van der Waals surface area contributed by atoms with E-state index in [1.54, 1.807) is 29.2 Å². The minimum atomic E-state index is -0.869. The predicted molar refractivity (Wildman–Crippen MR) is 98.6 cm³/mol. The van der Waals surface area contributed by atoms with Crippen molar-refractivity contribution in [3.63, 3.8) is 0 Å². The molecule has 0 aromatic heterocycles. The van der Waals surface area contributed by atoms with Crippen LogP contribution < -0.4 is 10.6 Å². The molecule has 1 aliphatic heterocycles. The number of nitrogens with one attached hydrogen (secondary N) is 2. The second-order valence-corrected chi connectivity index (χ2v) is 7.21. The zero-order chi connectivity index (χ0) is 19.3. The van der Waals surface area contributed by atoms with Gasteiger partial charge in [0.05, 0.1) is 17.4 Å². The van der Waals surface area contributed by atoms with Gasteiger partial charge in [0.2, 0.25) is 0 Å². The lowest BCUT2D eigenvalue weighted by Crippen LogP contribution is -2.43. The number of rotatable bonds is 4. The van der Waals surface area contributed by atoms with Crippen molar-refractivity contribution in [1.29, 1.82) is 0 Å². The fourth-order valence-electron chi connectivity index (χ4n) is 3.28. The summed E-state index contributed by atoms with van der Waals surface area (Å²) in [7, 11) is 0. The summed E-state index contributed by atoms with van der Waals surface area (Å²) in [4.78, 5) is 38.6. The van der Waals surface area contributed by atoms with Crippen molar-refractivity contribution < 1.29 is 19.5 Å². The molecule has 1 aromatic carbocycles. The minimum absolute atomic E-state index is 0.0175. The average Bonchev–Trinajstić information content (AvgIpc) is 2.58. The second kappa shape index (κ2) is 8.80. The topological polar surface area (TPSA) is 98.7 Å². The molecule has 1 aliphatic rings. The Bertz CT molecular complexity index is 665. The van der Waals surface area contributed by atoms with Gasteiger partial charge in [0, 0.05) is 19.6 Å². The van der Waals surface area contributed by atoms with Crippen LogP contribution in [0.15, 0.2) is 24.3 Å². The number of para-hydroxylation sites is 1. The largest absolute Gasteiger partial charge is 0.392 e. The molecule has 2 rings (SSSR count). The lowest BCUT2D eigenvalue weighted by Gasteiger charge is -2.35. The number of amides is 3. The van der Waals surface area contributed by atoms with Crippen LogP contribution in [0.25, 0.3) is 0 Å². The first-order chi connectivity index (χ1) is 12.3. The number of aliphatic hydroxyl groups excluding tert-OH is 1. The zero-order valence-corrected chi connectivity index (χ0v) is 15.5. The van der Waals surface area contributed by atoms with Crippen LogP contribution in [-0.4, -0.2) is 53.5 Å². The van der Waals surface area contributed by atoms with E-state index in [-0.39, 0.29) is 12.5 Å². The Labute approximate surface area is 153 Å². The Morgan fingerprint density at radius 3 is 2.38 bits per heavy atom. The third kappa shape index (κ3) is 5.29. The van der Waals surface area contributed by atoms with E-state index in [4.69, 9.17) is 0 Å². The molecule has 1 heterocycles. The van der Waals surface area contributed by atoms with E-state index in [9.17, 15) is 19.5 Å². The predicted octanol–water partition coefficient (Wildman–Crippen LogP) is 1.24. The Balaban J connectivity index is 2.10. The van der Waals surface area contributed by atoms with Gasteiger partial charge in [-0.2, -0.15) is 0 Å². The maximum absolute atomic E-state index is 12.9. The van der Waals surface area contributed by atoms with E-state index in [0.717, 1.165) is 6.42 Å². The Kier molecular flexibility index (Phi) is 6.74. The number of likely N-dealkylation sites (tertiary alicyclic amines) is 1. The third-order valence-corrected chi connectivity index (χ3v) is 4.33. The number of carbonyl (C=O) groups is 3. The average molecular weight is 361 g/mol. The molecule has 3 amide bonds. The van der Waals surface area contributed by atoms with Gasteiger partial charge in [-0.15, -0.1) is 0 Å². The van der Waals surface area contributed by atoms with Gasteiger partial charge in [0.25, 0.3) is 5.91 Å². The number of nitrogens with zero attached hydrogens (tertiary/aromatic N) is 1. The Hall–Kier alpha value is -2.41. The first-order valence-corrected chi connectivity index (χ1v) is 8.93. The standard InChI is InChI=1S/C19H27N3O4/c1-12-8-13(2)11-22(10-12)19(26)15-6-4-5-7-16(15)21-18(25)17(24)20-9-14(3)23/h4-7,12-14,23H,8-11H2,1-3H3,(H,20,24)(H,21,25)/t12-,13+,14-/m1/s1. The first kappa shape index (κ1) is 19.9. The van der Waals surface area contributed by atoms with Gasteiger partial charge >= 0.3 is 11.8 Å². The van der Waals surface area contributed by atoms with E-state index >= 15 is 0 Å². The number of carbonyl (C=O) groups excluding carboxylic acids is 3. The summed E-state index contributed by atoms with van der Waals surface area (Å²) in [6.45, 7) is 7.09. The quantitative estimate of drug-likeness (QED) is 0.703. The molecule has 3 N–H and O–H groups in total. The normalized spacial score (nSPS) is 21.0. The smallest absolute Gasteiger partial charge is 0.313 e. The van der Waals surface area contributed by atoms with Crippen molar-refractivity contribution in [3.8, 4) is 0 Å². The Morgan fingerprint density at radius 2 is 1.77 bits per heavy atom. The summed E-state index contributed by atoms with van der Waals surface area (Å²) in [5.74, 6) is -1.02. The van der Waals surface area contributed by atoms with Crippen molar-refractivity contribution in [2.75, 3.05) is 25.0 Å². The fourth-order valence-corrected chi connectivity index (χ4v) is 3.28. The van der Waals surface area contributed by atoms with Gasteiger partial charge in [-0.25, -0.2) is 0 Å². The highest BCUT2D eigenvalue weighted by Gasteiger charge is 2.28. The van der Waals surface area contributed by atoms with Crippen LogP contribution in [0.5, 0.6) is 0 Å². The SMILES string of the molecule is C[C@@H]1C[C@H](C)CN(C(=O)c2ccccc2NC(=O)C(=O)NC[C@@H](C)O)C1. The first-order valence-electron chi connectivity index (χ1n) is 8.93. The van der Waals surface area contributed by atoms with E-state index in [1.165, 1.54) is 6.92 Å². The molecule has 7 nitrogen and oxygen atoms in total. The van der Waals surface area contributed by atoms with Gasteiger partial charge < -0.3 is 20.6 Å². The molecule has 3 atom stereocenters. The molecule has 7 heteroatoms. The second-order valence-electron chi connectivity index (χ2n) is 7.21. The maximum atomic E-state index is 12.9. The molecule has 1 saturated heterocycles. The number of aliphatic hydroxyl groups is 1. The number of anilines is 1. The molecular weight excluding hydrogens is 334 g/mol. The van der Waals surface area contributed by atoms with Crippen LogP contribution in [-0.2, 0) is 9.59 Å². The van der Waals surface area contributed by atoms with Crippen LogP contribution in [0.4, 0.5) is 5.69 Å². The van der Waals surface area contributed by atoms with Crippen molar-refractivity contribution in [2.45, 2.75) is 33.3 Å². The van der Waals surface area contributed by atoms with Crippen molar-refractivity contribution in [3.05, 3.63) is 29.8 Å². The molecule has 1 fully saturated rings. The number of hydrogen-bond acceptors (Lipinski definition) is 4. The lowest BCUT2D eigenvalue weighted by atomic mass is 9.91. The summed E-state index contributed by atoms with van der Waals surface area (Å²) in [5, 5.41) is 14.0. The summed E-state index contributed by atoms with van der Waals surface area (Å²) in [6, 6.07) is 6.67. The molecule has 0 aliphatic carbocycles. The molecule has 0 radical (unpaired) electrons. The molecule has 1 aromatic rings. The fraction of sp³-hybridized carbons (Fsp3) is 0.526. The van der Waals surface area contributed by atoms with E-state index in [1.807, 2.05) is 0 Å². The number of piperidine rings is 1. The molecule has 0 bridgehead atoms. The molecule has 26 heavy (non-hydrogen) atoms. The van der Waals surface area contributed by atoms with Crippen molar-refractivity contribution in [1.82, 2.24) is 10.2 Å². The molecule has 0 unspecified atom stereocenters. The third-order valence-electron chi connectivity index (χ3n) is 4.33.